The zero-order valence-electron chi connectivity index (χ0n) is 12.4. The van der Waals surface area contributed by atoms with Crippen molar-refractivity contribution in [1.82, 2.24) is 10.6 Å². The molecule has 1 atom stereocenters. The minimum atomic E-state index is 0. The van der Waals surface area contributed by atoms with Gasteiger partial charge in [0, 0.05) is 0 Å². The molecule has 0 radical (unpaired) electrons. The maximum atomic E-state index is 3.55. The average molecular weight is 479 g/mol. The van der Waals surface area contributed by atoms with Crippen LogP contribution in [0.4, 0.5) is 0 Å². The van der Waals surface area contributed by atoms with Crippen LogP contribution in [0.1, 0.15) is 26.7 Å². The van der Waals surface area contributed by atoms with Gasteiger partial charge in [0.25, 0.3) is 0 Å². The van der Waals surface area contributed by atoms with E-state index >= 15 is 0 Å². The van der Waals surface area contributed by atoms with E-state index in [1.54, 1.807) is 14.5 Å². The Morgan fingerprint density at radius 2 is 1.85 bits per heavy atom. The summed E-state index contributed by atoms with van der Waals surface area (Å²) in [6.45, 7) is 4.54. The Morgan fingerprint density at radius 3 is 2.20 bits per heavy atom. The smallest absolute Gasteiger partial charge is 1.00 e. The van der Waals surface area contributed by atoms with Gasteiger partial charge in [-0.05, 0) is 0 Å². The molecule has 1 unspecified atom stereocenters. The maximum Gasteiger partial charge on any atom is -1.00 e. The number of halogens is 2. The van der Waals surface area contributed by atoms with E-state index < -0.39 is 0 Å². The molecular formula is C15H21Cl2HfN2. The number of nitrogens with one attached hydrogen (secondary N) is 2. The standard InChI is InChI=1S/C15H21N2.2ClH.Hf/c1-11-9-13(10-12(11)2)15(17-4)7-5-14(16-3)6-8-15;;;/h5-7,16-17H,8-9H2,1-4H3;2*1H;/q;;;+2/p-2. The third-order valence-corrected chi connectivity index (χ3v) is 6.65. The van der Waals surface area contributed by atoms with Crippen molar-refractivity contribution in [2.45, 2.75) is 32.2 Å². The summed E-state index contributed by atoms with van der Waals surface area (Å²) >= 11 is 1.14. The van der Waals surface area contributed by atoms with E-state index in [1.165, 1.54) is 11.3 Å². The van der Waals surface area contributed by atoms with Crippen LogP contribution in [0, 0.1) is 0 Å². The molecule has 0 amide bonds. The fraction of sp³-hybridized carbons (Fsp3) is 0.467. The quantitative estimate of drug-likeness (QED) is 0.413. The predicted molar refractivity (Wildman–Crippen MR) is 72.7 cm³/mol. The summed E-state index contributed by atoms with van der Waals surface area (Å²) in [4.78, 5) is 0. The van der Waals surface area contributed by atoms with Gasteiger partial charge in [0.2, 0.25) is 0 Å². The number of hydrogen-bond donors (Lipinski definition) is 2. The van der Waals surface area contributed by atoms with Gasteiger partial charge >= 0.3 is 125 Å². The van der Waals surface area contributed by atoms with Crippen molar-refractivity contribution in [1.29, 1.82) is 0 Å². The van der Waals surface area contributed by atoms with Gasteiger partial charge in [-0.1, -0.05) is 0 Å². The van der Waals surface area contributed by atoms with Gasteiger partial charge in [-0.15, -0.1) is 0 Å². The summed E-state index contributed by atoms with van der Waals surface area (Å²) in [5.41, 5.74) is 5.92. The second-order valence-electron chi connectivity index (χ2n) is 5.10. The number of rotatable bonds is 3. The topological polar surface area (TPSA) is 24.1 Å². The minimum Gasteiger partial charge on any atom is -1.00 e. The van der Waals surface area contributed by atoms with Gasteiger partial charge in [0.05, 0.1) is 0 Å². The fourth-order valence-corrected chi connectivity index (χ4v) is 4.58. The molecule has 2 N–H and O–H groups in total. The molecule has 2 aliphatic carbocycles. The van der Waals surface area contributed by atoms with E-state index in [-0.39, 0.29) is 30.4 Å². The summed E-state index contributed by atoms with van der Waals surface area (Å²) in [6, 6.07) is 0. The SMILES string of the molecule is CNC1=CCC(NC)(C2=[C]([Hf+2])C(C)=C(C)C2)C=C1.[Cl-].[Cl-]. The number of hydrogen-bond acceptors (Lipinski definition) is 2. The van der Waals surface area contributed by atoms with Crippen molar-refractivity contribution < 1.29 is 49.2 Å². The van der Waals surface area contributed by atoms with E-state index in [2.05, 4.69) is 49.8 Å². The molecule has 5 heteroatoms. The minimum absolute atomic E-state index is 0. The van der Waals surface area contributed by atoms with E-state index in [1.807, 2.05) is 7.05 Å². The van der Waals surface area contributed by atoms with Crippen LogP contribution in [0.2, 0.25) is 0 Å². The van der Waals surface area contributed by atoms with Gasteiger partial charge in [-0.3, -0.25) is 0 Å². The molecule has 0 saturated carbocycles. The third kappa shape index (κ3) is 3.49. The fourth-order valence-electron chi connectivity index (χ4n) is 2.69. The summed E-state index contributed by atoms with van der Waals surface area (Å²) in [5.74, 6) is 0. The molecule has 0 aromatic carbocycles. The van der Waals surface area contributed by atoms with Crippen LogP contribution in [0.25, 0.3) is 0 Å². The monoisotopic (exact) mass is 479 g/mol. The van der Waals surface area contributed by atoms with Gasteiger partial charge in [0.1, 0.15) is 0 Å². The molecule has 0 fully saturated rings. The van der Waals surface area contributed by atoms with Crippen LogP contribution in [0.5, 0.6) is 0 Å². The van der Waals surface area contributed by atoms with Crippen LogP contribution < -0.4 is 35.4 Å². The molecule has 2 aliphatic rings. The van der Waals surface area contributed by atoms with Crippen molar-refractivity contribution in [3.05, 3.63) is 44.0 Å². The molecule has 109 valence electrons. The van der Waals surface area contributed by atoms with E-state index in [4.69, 9.17) is 0 Å². The van der Waals surface area contributed by atoms with E-state index in [0.29, 0.717) is 0 Å². The van der Waals surface area contributed by atoms with Crippen molar-refractivity contribution in [2.24, 2.45) is 0 Å². The largest absolute Gasteiger partial charge is 1.00 e. The number of likely N-dealkylation sites (N-methyl/N-ethyl adjacent to an activating group) is 2. The Balaban J connectivity index is 0.00000180. The maximum absolute atomic E-state index is 3.55. The first-order valence-corrected chi connectivity index (χ1v) is 8.21. The Hall–Kier alpha value is 0.170. The first-order valence-electron chi connectivity index (χ1n) is 6.42. The summed E-state index contributed by atoms with van der Waals surface area (Å²) in [7, 11) is 4.05. The summed E-state index contributed by atoms with van der Waals surface area (Å²) in [6.07, 6.45) is 9.00. The van der Waals surface area contributed by atoms with Gasteiger partial charge < -0.3 is 24.8 Å². The van der Waals surface area contributed by atoms with Crippen LogP contribution in [0.3, 0.4) is 0 Å². The van der Waals surface area contributed by atoms with Crippen LogP contribution in [-0.4, -0.2) is 19.6 Å². The van der Waals surface area contributed by atoms with Crippen LogP contribution >= 0.6 is 0 Å². The van der Waals surface area contributed by atoms with Crippen molar-refractivity contribution >= 4 is 0 Å². The average Bonchev–Trinajstić information content (AvgIpc) is 2.67. The van der Waals surface area contributed by atoms with E-state index in [9.17, 15) is 0 Å². The molecule has 0 aliphatic heterocycles. The predicted octanol–water partition coefficient (Wildman–Crippen LogP) is -3.44. The van der Waals surface area contributed by atoms with Gasteiger partial charge in [0.15, 0.2) is 0 Å². The zero-order chi connectivity index (χ0) is 13.3. The normalized spacial score (nSPS) is 25.2. The van der Waals surface area contributed by atoms with E-state index in [0.717, 1.165) is 37.2 Å². The first-order chi connectivity index (χ1) is 8.54. The molecule has 0 aromatic rings. The second-order valence-corrected chi connectivity index (χ2v) is 6.90. The molecule has 0 bridgehead atoms. The number of allylic oxidation sites excluding steroid dienone is 4. The molecule has 0 spiro atoms. The molecule has 0 heterocycles. The Kier molecular flexibility index (Phi) is 8.04. The molecule has 2 nitrogen and oxygen atoms in total. The van der Waals surface area contributed by atoms with Crippen LogP contribution in [0.15, 0.2) is 44.0 Å². The van der Waals surface area contributed by atoms with Gasteiger partial charge in [-0.25, -0.2) is 0 Å². The Morgan fingerprint density at radius 1 is 1.20 bits per heavy atom. The van der Waals surface area contributed by atoms with Crippen LogP contribution in [-0.2, 0) is 24.4 Å². The summed E-state index contributed by atoms with van der Waals surface area (Å²) in [5, 5.41) is 6.77. The van der Waals surface area contributed by atoms with Crippen molar-refractivity contribution in [3.8, 4) is 0 Å². The Labute approximate surface area is 149 Å². The summed E-state index contributed by atoms with van der Waals surface area (Å²) < 4.78 is 1.60. The molecule has 2 rings (SSSR count). The molecule has 0 aromatic heterocycles. The van der Waals surface area contributed by atoms with Crippen molar-refractivity contribution in [2.75, 3.05) is 14.1 Å². The zero-order valence-corrected chi connectivity index (χ0v) is 17.5. The van der Waals surface area contributed by atoms with Crippen molar-refractivity contribution in [3.63, 3.8) is 0 Å². The molecule has 0 saturated heterocycles. The van der Waals surface area contributed by atoms with Gasteiger partial charge in [-0.2, -0.15) is 0 Å². The molecular weight excluding hydrogens is 458 g/mol. The second kappa shape index (κ2) is 7.98. The first kappa shape index (κ1) is 20.2. The third-order valence-electron chi connectivity index (χ3n) is 4.22. The molecule has 20 heavy (non-hydrogen) atoms. The Bertz CT molecular complexity index is 492.